The van der Waals surface area contributed by atoms with Gasteiger partial charge in [-0.15, -0.1) is 0 Å². The van der Waals surface area contributed by atoms with Crippen molar-refractivity contribution in [3.05, 3.63) is 0 Å². The fraction of sp³-hybridized carbons (Fsp3) is 0.933. The molecule has 19 heavy (non-hydrogen) atoms. The van der Waals surface area contributed by atoms with Crippen LogP contribution in [-0.4, -0.2) is 60.5 Å². The van der Waals surface area contributed by atoms with E-state index in [4.69, 9.17) is 0 Å². The molecule has 4 heteroatoms. The Morgan fingerprint density at radius 2 is 1.79 bits per heavy atom. The van der Waals surface area contributed by atoms with Gasteiger partial charge in [-0.25, -0.2) is 0 Å². The lowest BCUT2D eigenvalue weighted by atomic mass is 9.93. The van der Waals surface area contributed by atoms with Crippen molar-refractivity contribution in [2.75, 3.05) is 26.7 Å². The summed E-state index contributed by atoms with van der Waals surface area (Å²) in [6, 6.07) is 1.35. The van der Waals surface area contributed by atoms with Gasteiger partial charge in [-0.05, 0) is 33.7 Å². The number of carbonyl (C=O) groups is 1. The van der Waals surface area contributed by atoms with E-state index in [1.807, 2.05) is 0 Å². The van der Waals surface area contributed by atoms with Gasteiger partial charge in [-0.3, -0.25) is 9.69 Å². The quantitative estimate of drug-likeness (QED) is 0.819. The molecule has 1 saturated heterocycles. The molecule has 2 rings (SSSR count). The van der Waals surface area contributed by atoms with Crippen LogP contribution in [0.4, 0.5) is 0 Å². The lowest BCUT2D eigenvalue weighted by Crippen LogP contribution is -2.58. The van der Waals surface area contributed by atoms with Crippen LogP contribution in [0.25, 0.3) is 0 Å². The Morgan fingerprint density at radius 1 is 1.16 bits per heavy atom. The Balaban J connectivity index is 1.91. The number of hydrogen-bond acceptors (Lipinski definition) is 3. The number of likely N-dealkylation sites (N-methyl/N-ethyl adjacent to an activating group) is 1. The van der Waals surface area contributed by atoms with Crippen molar-refractivity contribution in [3.8, 4) is 0 Å². The van der Waals surface area contributed by atoms with E-state index in [-0.39, 0.29) is 0 Å². The second-order valence-electron chi connectivity index (χ2n) is 6.41. The molecule has 2 fully saturated rings. The summed E-state index contributed by atoms with van der Waals surface area (Å²) >= 11 is 0. The summed E-state index contributed by atoms with van der Waals surface area (Å²) in [7, 11) is 2.07. The van der Waals surface area contributed by atoms with Crippen LogP contribution in [-0.2, 0) is 4.79 Å². The summed E-state index contributed by atoms with van der Waals surface area (Å²) < 4.78 is 0. The molecule has 1 saturated carbocycles. The molecular weight excluding hydrogens is 238 g/mol. The minimum absolute atomic E-state index is 0.316. The van der Waals surface area contributed by atoms with E-state index >= 15 is 0 Å². The Hall–Kier alpha value is -0.610. The Kier molecular flexibility index (Phi) is 5.22. The number of hydrogen-bond donors (Lipinski definition) is 1. The van der Waals surface area contributed by atoms with Gasteiger partial charge >= 0.3 is 0 Å². The van der Waals surface area contributed by atoms with Crippen molar-refractivity contribution < 1.29 is 4.79 Å². The van der Waals surface area contributed by atoms with E-state index in [1.165, 1.54) is 32.1 Å². The van der Waals surface area contributed by atoms with Crippen LogP contribution < -0.4 is 5.32 Å². The fourth-order valence-corrected chi connectivity index (χ4v) is 3.28. The third-order valence-electron chi connectivity index (χ3n) is 4.58. The second-order valence-corrected chi connectivity index (χ2v) is 6.41. The minimum Gasteiger partial charge on any atom is -0.336 e. The molecule has 4 nitrogen and oxygen atoms in total. The summed E-state index contributed by atoms with van der Waals surface area (Å²) in [5.41, 5.74) is 0. The Labute approximate surface area is 117 Å². The fourth-order valence-electron chi connectivity index (χ4n) is 3.28. The number of carbonyl (C=O) groups excluding carboxylic acids is 1. The molecule has 0 unspecified atom stereocenters. The largest absolute Gasteiger partial charge is 0.336 e. The minimum atomic E-state index is 0.316. The highest BCUT2D eigenvalue weighted by Crippen LogP contribution is 2.24. The van der Waals surface area contributed by atoms with Crippen LogP contribution in [0.15, 0.2) is 0 Å². The molecule has 2 aliphatic rings. The van der Waals surface area contributed by atoms with Crippen molar-refractivity contribution in [2.24, 2.45) is 0 Å². The summed E-state index contributed by atoms with van der Waals surface area (Å²) in [6.45, 7) is 6.92. The maximum atomic E-state index is 12.6. The van der Waals surface area contributed by atoms with Crippen molar-refractivity contribution in [3.63, 3.8) is 0 Å². The summed E-state index contributed by atoms with van der Waals surface area (Å²) in [4.78, 5) is 17.0. The van der Waals surface area contributed by atoms with Crippen molar-refractivity contribution in [2.45, 2.75) is 64.1 Å². The molecule has 0 bridgehead atoms. The predicted molar refractivity (Wildman–Crippen MR) is 78.1 cm³/mol. The molecule has 1 amide bonds. The highest BCUT2D eigenvalue weighted by atomic mass is 16.2. The average Bonchev–Trinajstić information content (AvgIpc) is 2.27. The molecule has 0 radical (unpaired) electrons. The number of nitrogens with one attached hydrogen (secondary N) is 1. The highest BCUT2D eigenvalue weighted by molar-refractivity contribution is 5.79. The monoisotopic (exact) mass is 267 g/mol. The molecule has 0 aromatic heterocycles. The average molecular weight is 267 g/mol. The molecule has 1 aliphatic heterocycles. The van der Waals surface area contributed by atoms with Gasteiger partial charge in [0.15, 0.2) is 0 Å². The van der Waals surface area contributed by atoms with E-state index in [1.54, 1.807) is 0 Å². The first-order valence-corrected chi connectivity index (χ1v) is 7.81. The standard InChI is InChI=1S/C15H29N3O/c1-12(2)18(13-7-5-4-6-8-13)15(19)11-17(3)14-9-16-10-14/h12-14,16H,4-11H2,1-3H3. The Bertz CT molecular complexity index is 296. The van der Waals surface area contributed by atoms with Crippen LogP contribution in [0.5, 0.6) is 0 Å². The van der Waals surface area contributed by atoms with E-state index in [9.17, 15) is 4.79 Å². The molecular formula is C15H29N3O. The van der Waals surface area contributed by atoms with E-state index in [0.717, 1.165) is 13.1 Å². The number of rotatable bonds is 5. The first-order valence-electron chi connectivity index (χ1n) is 7.81. The van der Waals surface area contributed by atoms with Crippen molar-refractivity contribution in [1.29, 1.82) is 0 Å². The van der Waals surface area contributed by atoms with Crippen molar-refractivity contribution in [1.82, 2.24) is 15.1 Å². The summed E-state index contributed by atoms with van der Waals surface area (Å²) in [6.07, 6.45) is 6.29. The summed E-state index contributed by atoms with van der Waals surface area (Å²) in [5, 5.41) is 3.26. The zero-order chi connectivity index (χ0) is 13.8. The third-order valence-corrected chi connectivity index (χ3v) is 4.58. The van der Waals surface area contributed by atoms with Gasteiger partial charge in [-0.2, -0.15) is 0 Å². The predicted octanol–water partition coefficient (Wildman–Crippen LogP) is 1.46. The van der Waals surface area contributed by atoms with E-state index in [0.29, 0.717) is 30.6 Å². The first kappa shape index (κ1) is 14.8. The maximum Gasteiger partial charge on any atom is 0.237 e. The van der Waals surface area contributed by atoms with Crippen LogP contribution in [0.2, 0.25) is 0 Å². The van der Waals surface area contributed by atoms with Crippen LogP contribution >= 0.6 is 0 Å². The lowest BCUT2D eigenvalue weighted by molar-refractivity contribution is -0.138. The van der Waals surface area contributed by atoms with Gasteiger partial charge in [-0.1, -0.05) is 19.3 Å². The molecule has 110 valence electrons. The van der Waals surface area contributed by atoms with Gasteiger partial charge in [0.25, 0.3) is 0 Å². The van der Waals surface area contributed by atoms with Crippen LogP contribution in [0, 0.1) is 0 Å². The van der Waals surface area contributed by atoms with Gasteiger partial charge in [0.05, 0.1) is 6.54 Å². The maximum absolute atomic E-state index is 12.6. The van der Waals surface area contributed by atoms with Gasteiger partial charge in [0.1, 0.15) is 0 Å². The number of nitrogens with zero attached hydrogens (tertiary/aromatic N) is 2. The number of amides is 1. The molecule has 1 aliphatic carbocycles. The first-order chi connectivity index (χ1) is 9.09. The van der Waals surface area contributed by atoms with Gasteiger partial charge < -0.3 is 10.2 Å². The highest BCUT2D eigenvalue weighted by Gasteiger charge is 2.30. The Morgan fingerprint density at radius 3 is 2.26 bits per heavy atom. The topological polar surface area (TPSA) is 35.6 Å². The molecule has 1 N–H and O–H groups in total. The van der Waals surface area contributed by atoms with E-state index < -0.39 is 0 Å². The third kappa shape index (κ3) is 3.69. The molecule has 0 aromatic carbocycles. The SMILES string of the molecule is CC(C)N(C(=O)CN(C)C1CNC1)C1CCCCC1. The second kappa shape index (κ2) is 6.71. The van der Waals surface area contributed by atoms with Gasteiger partial charge in [0, 0.05) is 31.2 Å². The lowest BCUT2D eigenvalue weighted by Gasteiger charge is -2.40. The zero-order valence-electron chi connectivity index (χ0n) is 12.7. The molecule has 0 spiro atoms. The smallest absolute Gasteiger partial charge is 0.237 e. The van der Waals surface area contributed by atoms with E-state index in [2.05, 4.69) is 36.0 Å². The molecule has 0 atom stereocenters. The molecule has 1 heterocycles. The normalized spacial score (nSPS) is 21.7. The van der Waals surface area contributed by atoms with Crippen LogP contribution in [0.3, 0.4) is 0 Å². The zero-order valence-corrected chi connectivity index (χ0v) is 12.7. The van der Waals surface area contributed by atoms with Crippen LogP contribution in [0.1, 0.15) is 46.0 Å². The van der Waals surface area contributed by atoms with Gasteiger partial charge in [0.2, 0.25) is 5.91 Å². The van der Waals surface area contributed by atoms with Crippen molar-refractivity contribution >= 4 is 5.91 Å². The molecule has 0 aromatic rings. The summed E-state index contributed by atoms with van der Waals surface area (Å²) in [5.74, 6) is 0.316.